The van der Waals surface area contributed by atoms with E-state index >= 15 is 0 Å². The smallest absolute Gasteiger partial charge is 0.291 e. The summed E-state index contributed by atoms with van der Waals surface area (Å²) in [5.41, 5.74) is 0.738. The minimum absolute atomic E-state index is 0.738. The Kier molecular flexibility index (Phi) is 5.29. The Morgan fingerprint density at radius 1 is 0.857 bits per heavy atom. The largest absolute Gasteiger partial charge is 0.305 e. The molecule has 3 nitrogen and oxygen atoms in total. The fraction of sp³-hybridized carbons (Fsp3) is 1.00. The summed E-state index contributed by atoms with van der Waals surface area (Å²) in [5, 5.41) is 0. The number of hydrogen-bond acceptors (Lipinski definition) is 3. The maximum atomic E-state index is 2.43. The van der Waals surface area contributed by atoms with Crippen molar-refractivity contribution in [2.24, 2.45) is 0 Å². The molecule has 1 atom stereocenters. The molecule has 0 aliphatic carbocycles. The van der Waals surface area contributed by atoms with Crippen LogP contribution in [-0.4, -0.2) is 64.5 Å². The van der Waals surface area contributed by atoms with Gasteiger partial charge in [0.1, 0.15) is 0 Å². The molecule has 86 valence electrons. The van der Waals surface area contributed by atoms with Crippen LogP contribution in [0.2, 0.25) is 5.54 Å². The van der Waals surface area contributed by atoms with E-state index in [1.54, 1.807) is 0 Å². The summed E-state index contributed by atoms with van der Waals surface area (Å²) >= 11 is 0. The highest BCUT2D eigenvalue weighted by molar-refractivity contribution is 6.72. The van der Waals surface area contributed by atoms with Crippen LogP contribution in [0.4, 0.5) is 0 Å². The first-order chi connectivity index (χ1) is 6.31. The summed E-state index contributed by atoms with van der Waals surface area (Å²) in [6.45, 7) is 4.65. The molecule has 0 rings (SSSR count). The molecule has 0 amide bonds. The average molecular weight is 217 g/mol. The molecule has 0 aromatic rings. The molecule has 0 saturated carbocycles. The van der Waals surface area contributed by atoms with Crippen LogP contribution in [0.15, 0.2) is 0 Å². The van der Waals surface area contributed by atoms with E-state index in [2.05, 4.69) is 69.8 Å². The minimum Gasteiger partial charge on any atom is -0.305 e. The van der Waals surface area contributed by atoms with Gasteiger partial charge in [-0.2, -0.15) is 0 Å². The van der Waals surface area contributed by atoms with Crippen LogP contribution in [0.3, 0.4) is 0 Å². The molecule has 0 fully saturated rings. The molecule has 4 heteroatoms. The zero-order valence-corrected chi connectivity index (χ0v) is 12.1. The van der Waals surface area contributed by atoms with Gasteiger partial charge in [-0.05, 0) is 47.8 Å². The van der Waals surface area contributed by atoms with Crippen LogP contribution in [0.25, 0.3) is 0 Å². The second-order valence-electron chi connectivity index (χ2n) is 4.68. The van der Waals surface area contributed by atoms with Crippen molar-refractivity contribution < 1.29 is 0 Å². The number of nitrogens with zero attached hydrogens (tertiary/aromatic N) is 3. The van der Waals surface area contributed by atoms with Crippen LogP contribution in [0.5, 0.6) is 0 Å². The third kappa shape index (κ3) is 2.19. The van der Waals surface area contributed by atoms with Crippen molar-refractivity contribution in [3.8, 4) is 0 Å². The van der Waals surface area contributed by atoms with Crippen molar-refractivity contribution in [2.75, 3.05) is 42.3 Å². The lowest BCUT2D eigenvalue weighted by atomic mass is 10.4. The highest BCUT2D eigenvalue weighted by Gasteiger charge is 2.46. The van der Waals surface area contributed by atoms with Gasteiger partial charge in [-0.1, -0.05) is 20.3 Å². The summed E-state index contributed by atoms with van der Waals surface area (Å²) in [6.07, 6.45) is 1.24. The third-order valence-electron chi connectivity index (χ3n) is 3.25. The first-order valence-corrected chi connectivity index (χ1v) is 7.25. The van der Waals surface area contributed by atoms with Gasteiger partial charge < -0.3 is 13.7 Å². The van der Waals surface area contributed by atoms with Gasteiger partial charge in [0.15, 0.2) is 0 Å². The highest BCUT2D eigenvalue weighted by atomic mass is 28.4. The molecule has 0 aromatic carbocycles. The van der Waals surface area contributed by atoms with E-state index < -0.39 is 8.56 Å². The SMILES string of the molecule is CCC(C)[Si](N(C)C)(N(C)C)N(C)C. The Balaban J connectivity index is 5.16. The van der Waals surface area contributed by atoms with E-state index in [-0.39, 0.29) is 0 Å². The van der Waals surface area contributed by atoms with E-state index in [0.29, 0.717) is 0 Å². The number of rotatable bonds is 5. The van der Waals surface area contributed by atoms with Crippen LogP contribution in [-0.2, 0) is 0 Å². The zero-order valence-electron chi connectivity index (χ0n) is 11.1. The first-order valence-electron chi connectivity index (χ1n) is 5.34. The van der Waals surface area contributed by atoms with Crippen molar-refractivity contribution >= 4 is 8.56 Å². The molecule has 0 aliphatic rings. The van der Waals surface area contributed by atoms with Crippen molar-refractivity contribution in [1.29, 1.82) is 0 Å². The van der Waals surface area contributed by atoms with Crippen LogP contribution >= 0.6 is 0 Å². The molecular weight excluding hydrogens is 190 g/mol. The fourth-order valence-corrected chi connectivity index (χ4v) is 8.39. The van der Waals surface area contributed by atoms with Gasteiger partial charge in [0.05, 0.1) is 0 Å². The fourth-order valence-electron chi connectivity index (χ4n) is 2.80. The molecular formula is C10H27N3Si. The van der Waals surface area contributed by atoms with Crippen molar-refractivity contribution in [3.63, 3.8) is 0 Å². The predicted octanol–water partition coefficient (Wildman–Crippen LogP) is 1.41. The Hall–Kier alpha value is 0.0969. The van der Waals surface area contributed by atoms with E-state index in [4.69, 9.17) is 0 Å². The quantitative estimate of drug-likeness (QED) is 0.645. The predicted molar refractivity (Wildman–Crippen MR) is 66.5 cm³/mol. The minimum atomic E-state index is -1.63. The van der Waals surface area contributed by atoms with E-state index in [1.165, 1.54) is 6.42 Å². The van der Waals surface area contributed by atoms with Crippen LogP contribution in [0, 0.1) is 0 Å². The second-order valence-corrected chi connectivity index (χ2v) is 9.72. The van der Waals surface area contributed by atoms with Crippen LogP contribution in [0.1, 0.15) is 20.3 Å². The lowest BCUT2D eigenvalue weighted by molar-refractivity contribution is 0.356. The maximum absolute atomic E-state index is 2.43. The molecule has 0 heterocycles. The molecule has 0 aliphatic heterocycles. The monoisotopic (exact) mass is 217 g/mol. The summed E-state index contributed by atoms with van der Waals surface area (Å²) in [4.78, 5) is 0. The molecule has 0 spiro atoms. The Morgan fingerprint density at radius 2 is 1.14 bits per heavy atom. The molecule has 0 aromatic heterocycles. The van der Waals surface area contributed by atoms with Gasteiger partial charge in [-0.25, -0.2) is 0 Å². The normalized spacial score (nSPS) is 15.6. The van der Waals surface area contributed by atoms with Crippen LogP contribution < -0.4 is 0 Å². The Bertz CT molecular complexity index is 147. The Labute approximate surface area is 90.9 Å². The lowest BCUT2D eigenvalue weighted by Crippen LogP contribution is -2.71. The van der Waals surface area contributed by atoms with E-state index in [9.17, 15) is 0 Å². The number of hydrogen-bond donors (Lipinski definition) is 0. The molecule has 0 N–H and O–H groups in total. The third-order valence-corrected chi connectivity index (χ3v) is 8.93. The molecule has 1 unspecified atom stereocenters. The zero-order chi connectivity index (χ0) is 11.5. The van der Waals surface area contributed by atoms with Gasteiger partial charge in [0.25, 0.3) is 8.56 Å². The van der Waals surface area contributed by atoms with Gasteiger partial charge in [0, 0.05) is 0 Å². The first kappa shape index (κ1) is 14.1. The summed E-state index contributed by atoms with van der Waals surface area (Å²) in [6, 6.07) is 0. The summed E-state index contributed by atoms with van der Waals surface area (Å²) < 4.78 is 7.30. The van der Waals surface area contributed by atoms with Crippen molar-refractivity contribution in [2.45, 2.75) is 25.8 Å². The van der Waals surface area contributed by atoms with Gasteiger partial charge >= 0.3 is 0 Å². The lowest BCUT2D eigenvalue weighted by Gasteiger charge is -2.50. The van der Waals surface area contributed by atoms with Gasteiger partial charge in [0.2, 0.25) is 0 Å². The Morgan fingerprint density at radius 3 is 1.21 bits per heavy atom. The summed E-state index contributed by atoms with van der Waals surface area (Å²) in [5.74, 6) is 0. The van der Waals surface area contributed by atoms with E-state index in [0.717, 1.165) is 5.54 Å². The summed E-state index contributed by atoms with van der Waals surface area (Å²) in [7, 11) is 11.6. The molecule has 0 bridgehead atoms. The van der Waals surface area contributed by atoms with Gasteiger partial charge in [-0.15, -0.1) is 0 Å². The second kappa shape index (κ2) is 5.26. The average Bonchev–Trinajstić information content (AvgIpc) is 2.02. The van der Waals surface area contributed by atoms with E-state index in [1.807, 2.05) is 0 Å². The van der Waals surface area contributed by atoms with Crippen molar-refractivity contribution in [3.05, 3.63) is 0 Å². The standard InChI is InChI=1S/C10H27N3Si/c1-9-10(2)14(11(3)4,12(5)6)13(7)8/h10H,9H2,1-8H3. The topological polar surface area (TPSA) is 9.72 Å². The molecule has 0 radical (unpaired) electrons. The maximum Gasteiger partial charge on any atom is 0.291 e. The molecule has 0 saturated heterocycles. The highest BCUT2D eigenvalue weighted by Crippen LogP contribution is 2.29. The van der Waals surface area contributed by atoms with Crippen molar-refractivity contribution in [1.82, 2.24) is 13.7 Å². The van der Waals surface area contributed by atoms with Gasteiger partial charge in [-0.3, -0.25) is 0 Å². The molecule has 14 heavy (non-hydrogen) atoms.